The molecule has 0 aliphatic rings. The normalized spacial score (nSPS) is 12.5. The number of anilines is 1. The van der Waals surface area contributed by atoms with Gasteiger partial charge in [-0.3, -0.25) is 14.4 Å². The van der Waals surface area contributed by atoms with Crippen molar-refractivity contribution in [2.75, 3.05) is 11.9 Å². The molecule has 2 atom stereocenters. The number of rotatable bonds is 8. The number of ether oxygens (including phenoxy) is 1. The van der Waals surface area contributed by atoms with Gasteiger partial charge in [-0.2, -0.15) is 0 Å². The van der Waals surface area contributed by atoms with E-state index in [-0.39, 0.29) is 12.5 Å². The van der Waals surface area contributed by atoms with Crippen molar-refractivity contribution in [2.45, 2.75) is 39.2 Å². The first-order valence-corrected chi connectivity index (χ1v) is 9.34. The zero-order valence-corrected chi connectivity index (χ0v) is 16.4. The summed E-state index contributed by atoms with van der Waals surface area (Å²) in [6.45, 7) is 5.36. The van der Waals surface area contributed by atoms with Crippen LogP contribution in [0.5, 0.6) is 0 Å². The number of esters is 1. The number of hydrogen-bond acceptors (Lipinski definition) is 4. The monoisotopic (exact) mass is 382 g/mol. The lowest BCUT2D eigenvalue weighted by atomic mass is 9.97. The molecule has 0 radical (unpaired) electrons. The SMILES string of the molecule is CC[C@H](C)c1ccccc1NC(=O)[C@H](C)OC(=O)CNC(=O)c1ccccc1. The minimum Gasteiger partial charge on any atom is -0.451 e. The Kier molecular flexibility index (Phi) is 7.75. The predicted octanol–water partition coefficient (Wildman–Crippen LogP) is 3.50. The van der Waals surface area contributed by atoms with Crippen molar-refractivity contribution in [3.63, 3.8) is 0 Å². The molecule has 0 unspecified atom stereocenters. The van der Waals surface area contributed by atoms with Crippen LogP contribution in [0.25, 0.3) is 0 Å². The molecule has 28 heavy (non-hydrogen) atoms. The van der Waals surface area contributed by atoms with E-state index in [0.29, 0.717) is 17.2 Å². The van der Waals surface area contributed by atoms with Crippen LogP contribution >= 0.6 is 0 Å². The molecule has 0 saturated heterocycles. The first-order chi connectivity index (χ1) is 13.4. The second-order valence-corrected chi connectivity index (χ2v) is 6.57. The lowest BCUT2D eigenvalue weighted by Gasteiger charge is -2.18. The van der Waals surface area contributed by atoms with Crippen LogP contribution in [0.3, 0.4) is 0 Å². The molecule has 0 spiro atoms. The van der Waals surface area contributed by atoms with Gasteiger partial charge in [0.1, 0.15) is 6.54 Å². The number of carbonyl (C=O) groups excluding carboxylic acids is 3. The fourth-order valence-corrected chi connectivity index (χ4v) is 2.63. The smallest absolute Gasteiger partial charge is 0.326 e. The van der Waals surface area contributed by atoms with E-state index < -0.39 is 18.0 Å². The lowest BCUT2D eigenvalue weighted by molar-refractivity contribution is -0.152. The summed E-state index contributed by atoms with van der Waals surface area (Å²) in [4.78, 5) is 36.3. The van der Waals surface area contributed by atoms with E-state index in [9.17, 15) is 14.4 Å². The van der Waals surface area contributed by atoms with Gasteiger partial charge >= 0.3 is 5.97 Å². The molecular weight excluding hydrogens is 356 g/mol. The highest BCUT2D eigenvalue weighted by molar-refractivity contribution is 5.97. The van der Waals surface area contributed by atoms with Crippen LogP contribution in [0.2, 0.25) is 0 Å². The van der Waals surface area contributed by atoms with E-state index in [4.69, 9.17) is 4.74 Å². The summed E-state index contributed by atoms with van der Waals surface area (Å²) in [5.41, 5.74) is 2.19. The van der Waals surface area contributed by atoms with E-state index in [1.807, 2.05) is 24.3 Å². The Balaban J connectivity index is 1.87. The number of hydrogen-bond donors (Lipinski definition) is 2. The second kappa shape index (κ2) is 10.3. The average Bonchev–Trinajstić information content (AvgIpc) is 2.72. The Labute approximate surface area is 165 Å². The van der Waals surface area contributed by atoms with Crippen LogP contribution in [-0.2, 0) is 14.3 Å². The average molecular weight is 382 g/mol. The minimum atomic E-state index is -0.980. The topological polar surface area (TPSA) is 84.5 Å². The molecule has 0 aromatic heterocycles. The standard InChI is InChI=1S/C22H26N2O4/c1-4-15(2)18-12-8-9-13-19(18)24-21(26)16(3)28-20(25)14-23-22(27)17-10-6-5-7-11-17/h5-13,15-16H,4,14H2,1-3H3,(H,23,27)(H,24,26)/t15-,16-/m0/s1. The van der Waals surface area contributed by atoms with E-state index in [2.05, 4.69) is 24.5 Å². The van der Waals surface area contributed by atoms with Crippen LogP contribution in [0.4, 0.5) is 5.69 Å². The first kappa shape index (κ1) is 21.2. The number of nitrogens with one attached hydrogen (secondary N) is 2. The fraction of sp³-hybridized carbons (Fsp3) is 0.318. The van der Waals surface area contributed by atoms with Crippen LogP contribution in [0, 0.1) is 0 Å². The maximum atomic E-state index is 12.4. The van der Waals surface area contributed by atoms with Gasteiger partial charge in [0.2, 0.25) is 0 Å². The van der Waals surface area contributed by atoms with Crippen molar-refractivity contribution in [1.29, 1.82) is 0 Å². The van der Waals surface area contributed by atoms with Gasteiger partial charge in [-0.1, -0.05) is 50.2 Å². The largest absolute Gasteiger partial charge is 0.451 e. The summed E-state index contributed by atoms with van der Waals surface area (Å²) in [5.74, 6) is -1.18. The molecule has 148 valence electrons. The third kappa shape index (κ3) is 5.94. The second-order valence-electron chi connectivity index (χ2n) is 6.57. The van der Waals surface area contributed by atoms with E-state index in [1.165, 1.54) is 6.92 Å². The molecular formula is C22H26N2O4. The molecule has 6 nitrogen and oxygen atoms in total. The molecule has 0 aliphatic heterocycles. The van der Waals surface area contributed by atoms with E-state index >= 15 is 0 Å². The number of para-hydroxylation sites is 1. The van der Waals surface area contributed by atoms with Gasteiger partial charge in [0.25, 0.3) is 11.8 Å². The van der Waals surface area contributed by atoms with E-state index in [1.54, 1.807) is 30.3 Å². The highest BCUT2D eigenvalue weighted by Gasteiger charge is 2.20. The summed E-state index contributed by atoms with van der Waals surface area (Å²) in [6.07, 6.45) is -0.0375. The molecule has 6 heteroatoms. The van der Waals surface area contributed by atoms with Crippen LogP contribution < -0.4 is 10.6 Å². The van der Waals surface area contributed by atoms with Crippen LogP contribution in [-0.4, -0.2) is 30.4 Å². The third-order valence-corrected chi connectivity index (χ3v) is 4.47. The molecule has 0 fully saturated rings. The van der Waals surface area contributed by atoms with E-state index in [0.717, 1.165) is 12.0 Å². The van der Waals surface area contributed by atoms with Crippen LogP contribution in [0.1, 0.15) is 49.0 Å². The quantitative estimate of drug-likeness (QED) is 0.685. The van der Waals surface area contributed by atoms with Gasteiger partial charge in [-0.05, 0) is 43.0 Å². The molecule has 0 aliphatic carbocycles. The predicted molar refractivity (Wildman–Crippen MR) is 108 cm³/mol. The van der Waals surface area contributed by atoms with Gasteiger partial charge in [0.05, 0.1) is 0 Å². The summed E-state index contributed by atoms with van der Waals surface area (Å²) >= 11 is 0. The molecule has 0 bridgehead atoms. The lowest BCUT2D eigenvalue weighted by Crippen LogP contribution is -2.36. The molecule has 0 heterocycles. The van der Waals surface area contributed by atoms with Crippen molar-refractivity contribution in [3.05, 3.63) is 65.7 Å². The van der Waals surface area contributed by atoms with Gasteiger partial charge in [0.15, 0.2) is 6.10 Å². The zero-order valence-electron chi connectivity index (χ0n) is 16.4. The minimum absolute atomic E-state index is 0.294. The molecule has 2 N–H and O–H groups in total. The molecule has 2 aromatic rings. The molecule has 2 aromatic carbocycles. The Bertz CT molecular complexity index is 820. The van der Waals surface area contributed by atoms with Crippen molar-refractivity contribution in [2.24, 2.45) is 0 Å². The van der Waals surface area contributed by atoms with Crippen molar-refractivity contribution in [3.8, 4) is 0 Å². The van der Waals surface area contributed by atoms with Gasteiger partial charge in [0, 0.05) is 11.3 Å². The molecule has 0 saturated carbocycles. The summed E-state index contributed by atoms with van der Waals surface area (Å²) in [7, 11) is 0. The fourth-order valence-electron chi connectivity index (χ4n) is 2.63. The zero-order chi connectivity index (χ0) is 20.5. The number of carbonyl (C=O) groups is 3. The van der Waals surface area contributed by atoms with Crippen molar-refractivity contribution >= 4 is 23.5 Å². The molecule has 2 amide bonds. The van der Waals surface area contributed by atoms with Gasteiger partial charge in [-0.25, -0.2) is 0 Å². The molecule has 2 rings (SSSR count). The highest BCUT2D eigenvalue weighted by atomic mass is 16.5. The summed E-state index contributed by atoms with van der Waals surface area (Å²) < 4.78 is 5.13. The number of benzene rings is 2. The Hall–Kier alpha value is -3.15. The van der Waals surface area contributed by atoms with Gasteiger partial charge in [-0.15, -0.1) is 0 Å². The Morgan fingerprint density at radius 3 is 2.29 bits per heavy atom. The number of amides is 2. The van der Waals surface area contributed by atoms with Crippen molar-refractivity contribution < 1.29 is 19.1 Å². The maximum Gasteiger partial charge on any atom is 0.326 e. The Morgan fingerprint density at radius 2 is 1.61 bits per heavy atom. The van der Waals surface area contributed by atoms with Crippen LogP contribution in [0.15, 0.2) is 54.6 Å². The Morgan fingerprint density at radius 1 is 0.964 bits per heavy atom. The third-order valence-electron chi connectivity index (χ3n) is 4.47. The van der Waals surface area contributed by atoms with Gasteiger partial charge < -0.3 is 15.4 Å². The first-order valence-electron chi connectivity index (χ1n) is 9.34. The van der Waals surface area contributed by atoms with Crippen molar-refractivity contribution in [1.82, 2.24) is 5.32 Å². The summed E-state index contributed by atoms with van der Waals surface area (Å²) in [5, 5.41) is 5.30. The summed E-state index contributed by atoms with van der Waals surface area (Å²) in [6, 6.07) is 16.1. The highest BCUT2D eigenvalue weighted by Crippen LogP contribution is 2.26. The maximum absolute atomic E-state index is 12.4.